The third-order valence-corrected chi connectivity index (χ3v) is 3.56. The van der Waals surface area contributed by atoms with Crippen LogP contribution < -0.4 is 10.1 Å². The van der Waals surface area contributed by atoms with Crippen molar-refractivity contribution in [3.63, 3.8) is 0 Å². The van der Waals surface area contributed by atoms with Crippen molar-refractivity contribution >= 4 is 6.09 Å². The van der Waals surface area contributed by atoms with Crippen molar-refractivity contribution in [1.82, 2.24) is 5.32 Å². The number of ether oxygens (including phenoxy) is 2. The minimum atomic E-state index is -0.566. The number of nitriles is 1. The summed E-state index contributed by atoms with van der Waals surface area (Å²) >= 11 is 0. The topological polar surface area (TPSA) is 71.3 Å². The second-order valence-electron chi connectivity index (χ2n) is 4.68. The van der Waals surface area contributed by atoms with Gasteiger partial charge in [-0.1, -0.05) is 6.07 Å². The molecular weight excluding hydrogens is 256 g/mol. The molecule has 0 heterocycles. The molecule has 0 bridgehead atoms. The molecule has 2 atom stereocenters. The number of nitrogens with zero attached hydrogens (tertiary/aromatic N) is 1. The first-order valence-corrected chi connectivity index (χ1v) is 6.69. The average Bonchev–Trinajstić information content (AvgIpc) is 2.87. The van der Waals surface area contributed by atoms with Gasteiger partial charge in [-0.05, 0) is 43.0 Å². The van der Waals surface area contributed by atoms with E-state index in [0.29, 0.717) is 6.61 Å². The summed E-state index contributed by atoms with van der Waals surface area (Å²) in [6, 6.07) is 7.45. The molecule has 1 aliphatic carbocycles. The largest absolute Gasteiger partial charge is 0.497 e. The molecule has 1 aliphatic rings. The van der Waals surface area contributed by atoms with Gasteiger partial charge in [-0.2, -0.15) is 5.26 Å². The maximum atomic E-state index is 11.5. The summed E-state index contributed by atoms with van der Waals surface area (Å²) in [7, 11) is 1.63. The smallest absolute Gasteiger partial charge is 0.408 e. The molecule has 1 N–H and O–H groups in total. The molecular formula is C15H18N2O3. The lowest BCUT2D eigenvalue weighted by Gasteiger charge is -2.19. The van der Waals surface area contributed by atoms with Gasteiger partial charge in [-0.25, -0.2) is 4.79 Å². The predicted octanol–water partition coefficient (Wildman–Crippen LogP) is 2.36. The number of benzene rings is 1. The molecule has 1 aromatic carbocycles. The highest BCUT2D eigenvalue weighted by molar-refractivity contribution is 5.68. The molecule has 0 radical (unpaired) electrons. The highest BCUT2D eigenvalue weighted by Gasteiger charge is 2.31. The van der Waals surface area contributed by atoms with Crippen LogP contribution in [0.15, 0.2) is 18.2 Å². The second-order valence-corrected chi connectivity index (χ2v) is 4.68. The lowest BCUT2D eigenvalue weighted by molar-refractivity contribution is 0.149. The molecule has 2 unspecified atom stereocenters. The van der Waals surface area contributed by atoms with Crippen LogP contribution in [0.1, 0.15) is 30.4 Å². The van der Waals surface area contributed by atoms with Crippen LogP contribution in [0.4, 0.5) is 4.79 Å². The maximum Gasteiger partial charge on any atom is 0.408 e. The highest BCUT2D eigenvalue weighted by Crippen LogP contribution is 2.37. The molecule has 0 saturated heterocycles. The predicted molar refractivity (Wildman–Crippen MR) is 73.6 cm³/mol. The van der Waals surface area contributed by atoms with Gasteiger partial charge in [0.05, 0.1) is 19.8 Å². The molecule has 0 spiro atoms. The van der Waals surface area contributed by atoms with Gasteiger partial charge in [0.1, 0.15) is 11.8 Å². The van der Waals surface area contributed by atoms with E-state index < -0.39 is 12.1 Å². The summed E-state index contributed by atoms with van der Waals surface area (Å²) < 4.78 is 10.0. The number of amides is 1. The molecule has 0 aromatic heterocycles. The van der Waals surface area contributed by atoms with Crippen LogP contribution in [0.2, 0.25) is 0 Å². The fourth-order valence-corrected chi connectivity index (χ4v) is 2.62. The van der Waals surface area contributed by atoms with Gasteiger partial charge in [0.15, 0.2) is 0 Å². The number of methoxy groups -OCH3 is 1. The number of alkyl carbamates (subject to hydrolysis) is 1. The van der Waals surface area contributed by atoms with Crippen LogP contribution in [0, 0.1) is 11.3 Å². The Hall–Kier alpha value is -2.22. The van der Waals surface area contributed by atoms with Crippen LogP contribution in [0.25, 0.3) is 0 Å². The van der Waals surface area contributed by atoms with E-state index in [4.69, 9.17) is 9.47 Å². The van der Waals surface area contributed by atoms with E-state index in [0.717, 1.165) is 24.2 Å². The van der Waals surface area contributed by atoms with Gasteiger partial charge in [-0.3, -0.25) is 0 Å². The first-order valence-electron chi connectivity index (χ1n) is 6.69. The Morgan fingerprint density at radius 2 is 2.40 bits per heavy atom. The number of nitrogens with one attached hydrogen (secondary N) is 1. The molecule has 0 fully saturated rings. The lowest BCUT2D eigenvalue weighted by atomic mass is 9.94. The van der Waals surface area contributed by atoms with Crippen molar-refractivity contribution in [3.8, 4) is 11.8 Å². The van der Waals surface area contributed by atoms with E-state index in [2.05, 4.69) is 11.4 Å². The Morgan fingerprint density at radius 1 is 1.60 bits per heavy atom. The first kappa shape index (κ1) is 14.2. The molecule has 0 saturated carbocycles. The van der Waals surface area contributed by atoms with Crippen molar-refractivity contribution in [1.29, 1.82) is 5.26 Å². The summed E-state index contributed by atoms with van der Waals surface area (Å²) in [5.41, 5.74) is 2.29. The van der Waals surface area contributed by atoms with Gasteiger partial charge in [0.2, 0.25) is 0 Å². The third-order valence-electron chi connectivity index (χ3n) is 3.56. The van der Waals surface area contributed by atoms with Crippen molar-refractivity contribution in [2.24, 2.45) is 0 Å². The fraction of sp³-hybridized carbons (Fsp3) is 0.467. The van der Waals surface area contributed by atoms with Crippen molar-refractivity contribution in [2.75, 3.05) is 13.7 Å². The van der Waals surface area contributed by atoms with Gasteiger partial charge in [0.25, 0.3) is 0 Å². The Bertz CT molecular complexity index is 536. The zero-order chi connectivity index (χ0) is 14.5. The quantitative estimate of drug-likeness (QED) is 0.915. The fourth-order valence-electron chi connectivity index (χ4n) is 2.62. The Labute approximate surface area is 118 Å². The Morgan fingerprint density at radius 3 is 3.05 bits per heavy atom. The number of hydrogen-bond acceptors (Lipinski definition) is 4. The SMILES string of the molecule is CCOC(=O)NC(C#N)C1CCc2cc(OC)ccc21. The third kappa shape index (κ3) is 2.85. The zero-order valence-corrected chi connectivity index (χ0v) is 11.7. The number of carbonyl (C=O) groups is 1. The van der Waals surface area contributed by atoms with Gasteiger partial charge in [0, 0.05) is 5.92 Å². The van der Waals surface area contributed by atoms with Gasteiger partial charge < -0.3 is 14.8 Å². The summed E-state index contributed by atoms with van der Waals surface area (Å²) in [6.45, 7) is 2.03. The second kappa shape index (κ2) is 6.29. The van der Waals surface area contributed by atoms with Gasteiger partial charge in [-0.15, -0.1) is 0 Å². The molecule has 1 aromatic rings. The lowest BCUT2D eigenvalue weighted by Crippen LogP contribution is -2.38. The van der Waals surface area contributed by atoms with Crippen LogP contribution >= 0.6 is 0 Å². The molecule has 5 nitrogen and oxygen atoms in total. The van der Waals surface area contributed by atoms with Crippen molar-refractivity contribution in [3.05, 3.63) is 29.3 Å². The normalized spacial score (nSPS) is 17.8. The number of aryl methyl sites for hydroxylation is 1. The van der Waals surface area contributed by atoms with E-state index in [1.54, 1.807) is 14.0 Å². The summed E-state index contributed by atoms with van der Waals surface area (Å²) in [4.78, 5) is 11.5. The van der Waals surface area contributed by atoms with Crippen molar-refractivity contribution < 1.29 is 14.3 Å². The van der Waals surface area contributed by atoms with E-state index >= 15 is 0 Å². The molecule has 1 amide bonds. The standard InChI is InChI=1S/C15H18N2O3/c1-3-20-15(18)17-14(9-16)13-6-4-10-8-11(19-2)5-7-12(10)13/h5,7-8,13-14H,3-4,6H2,1-2H3,(H,17,18). The maximum absolute atomic E-state index is 11.5. The van der Waals surface area contributed by atoms with Crippen LogP contribution in [-0.4, -0.2) is 25.9 Å². The number of fused-ring (bicyclic) bond motifs is 1. The number of carbonyl (C=O) groups excluding carboxylic acids is 1. The summed E-state index contributed by atoms with van der Waals surface area (Å²) in [5, 5.41) is 11.9. The van der Waals surface area contributed by atoms with Crippen LogP contribution in [-0.2, 0) is 11.2 Å². The monoisotopic (exact) mass is 274 g/mol. The molecule has 5 heteroatoms. The summed E-state index contributed by atoms with van der Waals surface area (Å²) in [5.74, 6) is 0.821. The Kier molecular flexibility index (Phi) is 4.46. The van der Waals surface area contributed by atoms with Crippen LogP contribution in [0.3, 0.4) is 0 Å². The number of rotatable bonds is 4. The molecule has 106 valence electrons. The van der Waals surface area contributed by atoms with Crippen molar-refractivity contribution in [2.45, 2.75) is 31.7 Å². The number of hydrogen-bond donors (Lipinski definition) is 1. The molecule has 0 aliphatic heterocycles. The van der Waals surface area contributed by atoms with E-state index in [1.165, 1.54) is 5.56 Å². The molecule has 20 heavy (non-hydrogen) atoms. The van der Waals surface area contributed by atoms with E-state index in [9.17, 15) is 10.1 Å². The average molecular weight is 274 g/mol. The first-order chi connectivity index (χ1) is 9.69. The molecule has 2 rings (SSSR count). The summed E-state index contributed by atoms with van der Waals surface area (Å²) in [6.07, 6.45) is 1.19. The minimum absolute atomic E-state index is 0.00492. The Balaban J connectivity index is 2.15. The van der Waals surface area contributed by atoms with E-state index in [-0.39, 0.29) is 5.92 Å². The van der Waals surface area contributed by atoms with Crippen LogP contribution in [0.5, 0.6) is 5.75 Å². The van der Waals surface area contributed by atoms with E-state index in [1.807, 2.05) is 18.2 Å². The van der Waals surface area contributed by atoms with Gasteiger partial charge >= 0.3 is 6.09 Å². The highest BCUT2D eigenvalue weighted by atomic mass is 16.5. The minimum Gasteiger partial charge on any atom is -0.497 e. The zero-order valence-electron chi connectivity index (χ0n) is 11.7.